The van der Waals surface area contributed by atoms with E-state index in [1.165, 1.54) is 31.0 Å². The van der Waals surface area contributed by atoms with Crippen molar-refractivity contribution in [3.63, 3.8) is 0 Å². The second kappa shape index (κ2) is 7.47. The molecule has 0 spiro atoms. The predicted octanol–water partition coefficient (Wildman–Crippen LogP) is 4.48. The fourth-order valence-corrected chi connectivity index (χ4v) is 3.35. The molecule has 1 aromatic heterocycles. The van der Waals surface area contributed by atoms with Gasteiger partial charge in [-0.1, -0.05) is 61.4 Å². The van der Waals surface area contributed by atoms with Gasteiger partial charge in [0.25, 0.3) is 0 Å². The Morgan fingerprint density at radius 3 is 2.52 bits per heavy atom. The molecule has 1 N–H and O–H groups in total. The first-order valence-electron chi connectivity index (χ1n) is 8.00. The normalized spacial score (nSPS) is 15.1. The molecule has 118 valence electrons. The van der Waals surface area contributed by atoms with Gasteiger partial charge in [0.05, 0.1) is 5.69 Å². The smallest absolute Gasteiger partial charge is 0.189 e. The van der Waals surface area contributed by atoms with Crippen molar-refractivity contribution in [3.05, 3.63) is 35.9 Å². The zero-order chi connectivity index (χ0) is 16.1. The number of hydrogen-bond acceptors (Lipinski definition) is 5. The number of nitrogens with zero attached hydrogens (tertiary/aromatic N) is 3. The Hall–Kier alpha value is -2.06. The van der Waals surface area contributed by atoms with Crippen LogP contribution < -0.4 is 5.32 Å². The van der Waals surface area contributed by atoms with Crippen LogP contribution in [0, 0.1) is 11.3 Å². The predicted molar refractivity (Wildman–Crippen MR) is 94.5 cm³/mol. The van der Waals surface area contributed by atoms with Crippen LogP contribution in [-0.2, 0) is 0 Å². The van der Waals surface area contributed by atoms with Gasteiger partial charge >= 0.3 is 0 Å². The van der Waals surface area contributed by atoms with Crippen molar-refractivity contribution >= 4 is 17.6 Å². The molecule has 0 saturated heterocycles. The van der Waals surface area contributed by atoms with Crippen LogP contribution in [0.25, 0.3) is 11.3 Å². The van der Waals surface area contributed by atoms with E-state index in [9.17, 15) is 5.26 Å². The summed E-state index contributed by atoms with van der Waals surface area (Å²) in [6, 6.07) is 12.6. The number of anilines is 1. The number of nitrogens with one attached hydrogen (secondary N) is 1. The Labute approximate surface area is 141 Å². The second-order valence-electron chi connectivity index (χ2n) is 5.74. The number of nitriles is 1. The van der Waals surface area contributed by atoms with Gasteiger partial charge in [0.15, 0.2) is 5.16 Å². The van der Waals surface area contributed by atoms with Crippen LogP contribution in [0.3, 0.4) is 0 Å². The lowest BCUT2D eigenvalue weighted by molar-refractivity contribution is 0.461. The molecule has 0 unspecified atom stereocenters. The van der Waals surface area contributed by atoms with Crippen molar-refractivity contribution in [1.82, 2.24) is 9.97 Å². The van der Waals surface area contributed by atoms with Gasteiger partial charge in [0.1, 0.15) is 17.5 Å². The van der Waals surface area contributed by atoms with Gasteiger partial charge in [0.2, 0.25) is 0 Å². The van der Waals surface area contributed by atoms with E-state index in [4.69, 9.17) is 0 Å². The summed E-state index contributed by atoms with van der Waals surface area (Å²) < 4.78 is 0. The minimum atomic E-state index is 0.407. The maximum absolute atomic E-state index is 9.68. The van der Waals surface area contributed by atoms with Crippen molar-refractivity contribution in [1.29, 1.82) is 5.26 Å². The molecule has 0 bridgehead atoms. The molecule has 2 aromatic rings. The maximum atomic E-state index is 9.68. The highest BCUT2D eigenvalue weighted by Gasteiger charge is 2.20. The van der Waals surface area contributed by atoms with Crippen molar-refractivity contribution in [2.45, 2.75) is 43.3 Å². The Bertz CT molecular complexity index is 703. The fourth-order valence-electron chi connectivity index (χ4n) is 2.99. The largest absolute Gasteiger partial charge is 0.366 e. The van der Waals surface area contributed by atoms with Gasteiger partial charge in [-0.05, 0) is 19.1 Å². The van der Waals surface area contributed by atoms with Crippen molar-refractivity contribution in [2.75, 3.05) is 11.6 Å². The van der Waals surface area contributed by atoms with E-state index in [0.717, 1.165) is 18.4 Å². The number of thioether (sulfide) groups is 1. The summed E-state index contributed by atoms with van der Waals surface area (Å²) >= 11 is 1.50. The van der Waals surface area contributed by atoms with Crippen LogP contribution in [0.1, 0.15) is 37.7 Å². The van der Waals surface area contributed by atoms with Crippen LogP contribution >= 0.6 is 11.8 Å². The third-order valence-corrected chi connectivity index (χ3v) is 4.72. The molecule has 23 heavy (non-hydrogen) atoms. The average molecular weight is 324 g/mol. The van der Waals surface area contributed by atoms with Crippen LogP contribution in [-0.4, -0.2) is 22.3 Å². The summed E-state index contributed by atoms with van der Waals surface area (Å²) in [5.41, 5.74) is 2.21. The highest BCUT2D eigenvalue weighted by molar-refractivity contribution is 7.98. The third kappa shape index (κ3) is 3.65. The Morgan fingerprint density at radius 1 is 1.13 bits per heavy atom. The van der Waals surface area contributed by atoms with Crippen molar-refractivity contribution in [3.8, 4) is 17.3 Å². The summed E-state index contributed by atoms with van der Waals surface area (Å²) in [5, 5.41) is 13.9. The number of rotatable bonds is 4. The minimum Gasteiger partial charge on any atom is -0.366 e. The van der Waals surface area contributed by atoms with Crippen LogP contribution in [0.2, 0.25) is 0 Å². The molecule has 1 heterocycles. The molecule has 3 rings (SSSR count). The molecule has 4 nitrogen and oxygen atoms in total. The van der Waals surface area contributed by atoms with Crippen molar-refractivity contribution < 1.29 is 0 Å². The molecule has 1 fully saturated rings. The molecule has 1 aliphatic carbocycles. The molecule has 1 saturated carbocycles. The van der Waals surface area contributed by atoms with Gasteiger partial charge in [-0.25, -0.2) is 9.97 Å². The average Bonchev–Trinajstić information content (AvgIpc) is 2.62. The van der Waals surface area contributed by atoms with Gasteiger partial charge in [-0.3, -0.25) is 0 Å². The number of benzene rings is 1. The van der Waals surface area contributed by atoms with E-state index < -0.39 is 0 Å². The molecule has 1 aliphatic rings. The maximum Gasteiger partial charge on any atom is 0.189 e. The van der Waals surface area contributed by atoms with Gasteiger partial charge in [-0.15, -0.1) is 0 Å². The Morgan fingerprint density at radius 2 is 1.87 bits per heavy atom. The fraction of sp³-hybridized carbons (Fsp3) is 0.389. The first-order chi connectivity index (χ1) is 11.3. The zero-order valence-electron chi connectivity index (χ0n) is 13.2. The quantitative estimate of drug-likeness (QED) is 0.663. The van der Waals surface area contributed by atoms with Crippen molar-refractivity contribution in [2.24, 2.45) is 0 Å². The lowest BCUT2D eigenvalue weighted by Crippen LogP contribution is -2.24. The highest BCUT2D eigenvalue weighted by atomic mass is 32.2. The molecule has 0 radical (unpaired) electrons. The standard InChI is InChI=1S/C18H20N4S/c1-23-18-21-16(13-8-4-2-5-9-13)15(12-19)17(22-18)20-14-10-6-3-7-11-14/h2,4-5,8-9,14H,3,6-7,10-11H2,1H3,(H,20,21,22). The topological polar surface area (TPSA) is 61.6 Å². The first kappa shape index (κ1) is 15.8. The molecular weight excluding hydrogens is 304 g/mol. The second-order valence-corrected chi connectivity index (χ2v) is 6.51. The summed E-state index contributed by atoms with van der Waals surface area (Å²) in [4.78, 5) is 9.14. The third-order valence-electron chi connectivity index (χ3n) is 4.18. The highest BCUT2D eigenvalue weighted by Crippen LogP contribution is 2.30. The summed E-state index contributed by atoms with van der Waals surface area (Å²) in [7, 11) is 0. The van der Waals surface area contributed by atoms with Crippen LogP contribution in [0.5, 0.6) is 0 Å². The van der Waals surface area contributed by atoms with E-state index in [1.807, 2.05) is 36.6 Å². The molecule has 0 aliphatic heterocycles. The lowest BCUT2D eigenvalue weighted by Gasteiger charge is -2.24. The van der Waals surface area contributed by atoms with E-state index in [-0.39, 0.29) is 0 Å². The monoisotopic (exact) mass is 324 g/mol. The van der Waals surface area contributed by atoms with E-state index in [0.29, 0.717) is 28.3 Å². The molecule has 1 aromatic carbocycles. The van der Waals surface area contributed by atoms with Gasteiger partial charge in [-0.2, -0.15) is 5.26 Å². The molecule has 0 amide bonds. The Kier molecular flexibility index (Phi) is 5.14. The number of hydrogen-bond donors (Lipinski definition) is 1. The van der Waals surface area contributed by atoms with Gasteiger partial charge < -0.3 is 5.32 Å². The van der Waals surface area contributed by atoms with E-state index >= 15 is 0 Å². The zero-order valence-corrected chi connectivity index (χ0v) is 14.1. The summed E-state index contributed by atoms with van der Waals surface area (Å²) in [6.07, 6.45) is 8.03. The number of aromatic nitrogens is 2. The van der Waals surface area contributed by atoms with E-state index in [1.54, 1.807) is 0 Å². The summed E-state index contributed by atoms with van der Waals surface area (Å²) in [5.74, 6) is 0.678. The van der Waals surface area contributed by atoms with Gasteiger partial charge in [0, 0.05) is 11.6 Å². The molecule has 5 heteroatoms. The van der Waals surface area contributed by atoms with Crippen LogP contribution in [0.4, 0.5) is 5.82 Å². The minimum absolute atomic E-state index is 0.407. The van der Waals surface area contributed by atoms with E-state index in [2.05, 4.69) is 21.4 Å². The van der Waals surface area contributed by atoms with Crippen LogP contribution in [0.15, 0.2) is 35.5 Å². The SMILES string of the molecule is CSc1nc(NC2CCCCC2)c(C#N)c(-c2ccccc2)n1. The summed E-state index contributed by atoms with van der Waals surface area (Å²) in [6.45, 7) is 0. The first-order valence-corrected chi connectivity index (χ1v) is 9.22. The molecular formula is C18H20N4S. The Balaban J connectivity index is 2.02. The lowest BCUT2D eigenvalue weighted by atomic mass is 9.95. The molecule has 0 atom stereocenters.